The van der Waals surface area contributed by atoms with E-state index >= 15 is 0 Å². The number of carbonyl (C=O) groups excluding carboxylic acids is 1. The Balaban J connectivity index is 2.78. The molecule has 0 aliphatic heterocycles. The smallest absolute Gasteiger partial charge is 0.335 e. The summed E-state index contributed by atoms with van der Waals surface area (Å²) in [7, 11) is 0. The van der Waals surface area contributed by atoms with Crippen LogP contribution in [0.25, 0.3) is 0 Å². The van der Waals surface area contributed by atoms with E-state index in [2.05, 4.69) is 5.32 Å². The van der Waals surface area contributed by atoms with E-state index in [0.717, 1.165) is 24.2 Å². The van der Waals surface area contributed by atoms with E-state index in [4.69, 9.17) is 5.11 Å². The molecule has 6 heteroatoms. The van der Waals surface area contributed by atoms with Crippen LogP contribution in [0.4, 0.5) is 4.39 Å². The highest BCUT2D eigenvalue weighted by Crippen LogP contribution is 2.27. The van der Waals surface area contributed by atoms with Crippen molar-refractivity contribution < 1.29 is 19.1 Å². The van der Waals surface area contributed by atoms with E-state index in [1.54, 1.807) is 6.92 Å². The fourth-order valence-electron chi connectivity index (χ4n) is 1.36. The van der Waals surface area contributed by atoms with Crippen molar-refractivity contribution in [2.75, 3.05) is 6.54 Å². The van der Waals surface area contributed by atoms with Crippen LogP contribution >= 0.6 is 11.8 Å². The Bertz CT molecular complexity index is 479. The average molecular weight is 285 g/mol. The van der Waals surface area contributed by atoms with Crippen molar-refractivity contribution in [3.63, 3.8) is 0 Å². The second-order valence-electron chi connectivity index (χ2n) is 4.00. The minimum absolute atomic E-state index is 0.00469. The maximum Gasteiger partial charge on any atom is 0.335 e. The van der Waals surface area contributed by atoms with Gasteiger partial charge in [0.1, 0.15) is 5.82 Å². The van der Waals surface area contributed by atoms with Gasteiger partial charge in [0.2, 0.25) is 5.91 Å². The minimum Gasteiger partial charge on any atom is -0.478 e. The summed E-state index contributed by atoms with van der Waals surface area (Å²) < 4.78 is 13.6. The highest BCUT2D eigenvalue weighted by atomic mass is 32.2. The molecule has 1 amide bonds. The molecule has 0 radical (unpaired) electrons. The van der Waals surface area contributed by atoms with Crippen LogP contribution < -0.4 is 5.32 Å². The Labute approximate surface area is 115 Å². The standard InChI is InChI=1S/C13H16FNO3S/c1-3-6-15-12(16)8(2)19-11-7-9(13(17)18)4-5-10(11)14/h4-5,7-8H,3,6H2,1-2H3,(H,15,16)(H,17,18). The molecule has 1 rings (SSSR count). The summed E-state index contributed by atoms with van der Waals surface area (Å²) in [6, 6.07) is 3.54. The number of aromatic carboxylic acids is 1. The Kier molecular flexibility index (Phi) is 5.82. The highest BCUT2D eigenvalue weighted by Gasteiger charge is 2.17. The number of carboxylic acids is 1. The fraction of sp³-hybridized carbons (Fsp3) is 0.385. The number of thioether (sulfide) groups is 1. The number of nitrogens with one attached hydrogen (secondary N) is 1. The summed E-state index contributed by atoms with van der Waals surface area (Å²) in [5.74, 6) is -1.83. The second-order valence-corrected chi connectivity index (χ2v) is 5.38. The molecule has 0 saturated carbocycles. The van der Waals surface area contributed by atoms with Crippen LogP contribution in [0.3, 0.4) is 0 Å². The van der Waals surface area contributed by atoms with Crippen molar-refractivity contribution in [3.8, 4) is 0 Å². The fourth-order valence-corrected chi connectivity index (χ4v) is 2.31. The van der Waals surface area contributed by atoms with Crippen molar-refractivity contribution in [1.29, 1.82) is 0 Å². The third-order valence-corrected chi connectivity index (χ3v) is 3.53. The summed E-state index contributed by atoms with van der Waals surface area (Å²) >= 11 is 1.01. The van der Waals surface area contributed by atoms with Gasteiger partial charge in [0.05, 0.1) is 10.8 Å². The molecular weight excluding hydrogens is 269 g/mol. The van der Waals surface area contributed by atoms with Crippen LogP contribution in [-0.4, -0.2) is 28.8 Å². The van der Waals surface area contributed by atoms with E-state index in [-0.39, 0.29) is 16.4 Å². The zero-order valence-corrected chi connectivity index (χ0v) is 11.6. The topological polar surface area (TPSA) is 66.4 Å². The van der Waals surface area contributed by atoms with E-state index in [1.165, 1.54) is 12.1 Å². The third-order valence-electron chi connectivity index (χ3n) is 2.40. The third kappa shape index (κ3) is 4.55. The Morgan fingerprint density at radius 1 is 1.47 bits per heavy atom. The van der Waals surface area contributed by atoms with Crippen LogP contribution in [0.2, 0.25) is 0 Å². The number of benzene rings is 1. The molecule has 0 aliphatic rings. The molecule has 0 bridgehead atoms. The number of carboxylic acid groups (broad SMARTS) is 1. The van der Waals surface area contributed by atoms with Gasteiger partial charge in [-0.1, -0.05) is 6.92 Å². The lowest BCUT2D eigenvalue weighted by molar-refractivity contribution is -0.120. The van der Waals surface area contributed by atoms with Crippen molar-refractivity contribution in [2.24, 2.45) is 0 Å². The molecule has 1 aromatic rings. The number of rotatable bonds is 6. The van der Waals surface area contributed by atoms with Gasteiger partial charge in [-0.25, -0.2) is 9.18 Å². The van der Waals surface area contributed by atoms with Gasteiger partial charge in [0.15, 0.2) is 0 Å². The predicted molar refractivity (Wildman–Crippen MR) is 72.0 cm³/mol. The molecule has 0 spiro atoms. The Hall–Kier alpha value is -1.56. The molecule has 1 aromatic carbocycles. The number of halogens is 1. The molecule has 0 fully saturated rings. The molecule has 0 aromatic heterocycles. The molecule has 1 atom stereocenters. The lowest BCUT2D eigenvalue weighted by Gasteiger charge is -2.12. The normalized spacial score (nSPS) is 11.9. The Morgan fingerprint density at radius 3 is 2.74 bits per heavy atom. The summed E-state index contributed by atoms with van der Waals surface area (Å²) in [5, 5.41) is 11.1. The average Bonchev–Trinajstić information content (AvgIpc) is 2.38. The highest BCUT2D eigenvalue weighted by molar-refractivity contribution is 8.00. The SMILES string of the molecule is CCCNC(=O)C(C)Sc1cc(C(=O)O)ccc1F. The quantitative estimate of drug-likeness (QED) is 0.788. The van der Waals surface area contributed by atoms with E-state index in [0.29, 0.717) is 6.54 Å². The van der Waals surface area contributed by atoms with Gasteiger partial charge in [-0.05, 0) is 31.5 Å². The molecule has 0 heterocycles. The van der Waals surface area contributed by atoms with Gasteiger partial charge < -0.3 is 10.4 Å². The van der Waals surface area contributed by atoms with Crippen molar-refractivity contribution in [2.45, 2.75) is 30.4 Å². The molecule has 19 heavy (non-hydrogen) atoms. The molecule has 1 unspecified atom stereocenters. The van der Waals surface area contributed by atoms with Crippen LogP contribution in [0.5, 0.6) is 0 Å². The van der Waals surface area contributed by atoms with Gasteiger partial charge in [0, 0.05) is 11.4 Å². The number of hydrogen-bond donors (Lipinski definition) is 2. The molecule has 2 N–H and O–H groups in total. The minimum atomic E-state index is -1.12. The summed E-state index contributed by atoms with van der Waals surface area (Å²) in [6.07, 6.45) is 0.825. The first-order valence-corrected chi connectivity index (χ1v) is 6.81. The summed E-state index contributed by atoms with van der Waals surface area (Å²) in [4.78, 5) is 22.6. The molecule has 0 aliphatic carbocycles. The van der Waals surface area contributed by atoms with Crippen LogP contribution in [-0.2, 0) is 4.79 Å². The Morgan fingerprint density at radius 2 is 2.16 bits per heavy atom. The van der Waals surface area contributed by atoms with Crippen LogP contribution in [0.1, 0.15) is 30.6 Å². The zero-order valence-electron chi connectivity index (χ0n) is 10.8. The van der Waals surface area contributed by atoms with Crippen molar-refractivity contribution >= 4 is 23.6 Å². The van der Waals surface area contributed by atoms with Gasteiger partial charge in [-0.3, -0.25) is 4.79 Å². The first kappa shape index (κ1) is 15.5. The van der Waals surface area contributed by atoms with Gasteiger partial charge in [-0.2, -0.15) is 0 Å². The van der Waals surface area contributed by atoms with Crippen LogP contribution in [0.15, 0.2) is 23.1 Å². The first-order valence-electron chi connectivity index (χ1n) is 5.93. The van der Waals surface area contributed by atoms with Crippen molar-refractivity contribution in [1.82, 2.24) is 5.32 Å². The second kappa shape index (κ2) is 7.13. The lowest BCUT2D eigenvalue weighted by atomic mass is 10.2. The largest absolute Gasteiger partial charge is 0.478 e. The van der Waals surface area contributed by atoms with E-state index in [9.17, 15) is 14.0 Å². The molecule has 4 nitrogen and oxygen atoms in total. The monoisotopic (exact) mass is 285 g/mol. The summed E-state index contributed by atoms with van der Waals surface area (Å²) in [5.41, 5.74) is 0.00469. The predicted octanol–water partition coefficient (Wildman–Crippen LogP) is 2.53. The van der Waals surface area contributed by atoms with Crippen molar-refractivity contribution in [3.05, 3.63) is 29.6 Å². The van der Waals surface area contributed by atoms with Gasteiger partial charge in [-0.15, -0.1) is 11.8 Å². The number of carbonyl (C=O) groups is 2. The van der Waals surface area contributed by atoms with E-state index in [1.807, 2.05) is 6.92 Å². The molecule has 104 valence electrons. The molecular formula is C13H16FNO3S. The van der Waals surface area contributed by atoms with E-state index < -0.39 is 17.0 Å². The van der Waals surface area contributed by atoms with Gasteiger partial charge >= 0.3 is 5.97 Å². The number of hydrogen-bond acceptors (Lipinski definition) is 3. The lowest BCUT2D eigenvalue weighted by Crippen LogP contribution is -2.31. The van der Waals surface area contributed by atoms with Gasteiger partial charge in [0.25, 0.3) is 0 Å². The number of amides is 1. The zero-order chi connectivity index (χ0) is 14.4. The first-order chi connectivity index (χ1) is 8.95. The van der Waals surface area contributed by atoms with Crippen LogP contribution in [0, 0.1) is 5.82 Å². The maximum absolute atomic E-state index is 13.6. The summed E-state index contributed by atoms with van der Waals surface area (Å²) in [6.45, 7) is 4.16. The molecule has 0 saturated heterocycles. The maximum atomic E-state index is 13.6.